The highest BCUT2D eigenvalue weighted by molar-refractivity contribution is 5.51. The van der Waals surface area contributed by atoms with E-state index in [9.17, 15) is 0 Å². The normalized spacial score (nSPS) is 10.4. The van der Waals surface area contributed by atoms with Crippen molar-refractivity contribution in [2.75, 3.05) is 12.4 Å². The molecule has 0 heterocycles. The van der Waals surface area contributed by atoms with E-state index in [0.29, 0.717) is 0 Å². The Kier molecular flexibility index (Phi) is 4.33. The van der Waals surface area contributed by atoms with Gasteiger partial charge in [-0.25, -0.2) is 0 Å². The summed E-state index contributed by atoms with van der Waals surface area (Å²) in [6.45, 7) is 9.59. The monoisotopic (exact) mass is 269 g/mol. The molecule has 2 aromatic carbocycles. The van der Waals surface area contributed by atoms with Gasteiger partial charge in [-0.05, 0) is 67.6 Å². The van der Waals surface area contributed by atoms with E-state index in [1.54, 1.807) is 7.11 Å². The Morgan fingerprint density at radius 1 is 0.950 bits per heavy atom. The molecule has 1 N–H and O–H groups in total. The molecule has 0 aliphatic rings. The van der Waals surface area contributed by atoms with Gasteiger partial charge in [-0.1, -0.05) is 12.1 Å². The molecule has 2 nitrogen and oxygen atoms in total. The van der Waals surface area contributed by atoms with Crippen molar-refractivity contribution in [3.8, 4) is 5.75 Å². The number of nitrogens with one attached hydrogen (secondary N) is 1. The Balaban J connectivity index is 2.22. The minimum atomic E-state index is 0.841. The number of aryl methyl sites for hydroxylation is 2. The van der Waals surface area contributed by atoms with Gasteiger partial charge in [0.1, 0.15) is 5.75 Å². The third-order valence-electron chi connectivity index (χ3n) is 4.06. The number of ether oxygens (including phenoxy) is 1. The van der Waals surface area contributed by atoms with Gasteiger partial charge in [0.15, 0.2) is 0 Å². The highest BCUT2D eigenvalue weighted by atomic mass is 16.5. The molecule has 0 unspecified atom stereocenters. The minimum Gasteiger partial charge on any atom is -0.497 e. The molecule has 0 aromatic heterocycles. The molecule has 0 aliphatic heterocycles. The lowest BCUT2D eigenvalue weighted by Gasteiger charge is -2.16. The van der Waals surface area contributed by atoms with Crippen LogP contribution in [0.4, 0.5) is 5.69 Å². The van der Waals surface area contributed by atoms with Gasteiger partial charge in [0.2, 0.25) is 0 Å². The number of hydrogen-bond acceptors (Lipinski definition) is 2. The zero-order chi connectivity index (χ0) is 14.7. The lowest BCUT2D eigenvalue weighted by Crippen LogP contribution is -2.06. The number of benzene rings is 2. The maximum Gasteiger partial charge on any atom is 0.120 e. The summed E-state index contributed by atoms with van der Waals surface area (Å²) in [5.74, 6) is 0.879. The Morgan fingerprint density at radius 3 is 2.20 bits per heavy atom. The maximum atomic E-state index is 5.25. The Labute approximate surface area is 121 Å². The van der Waals surface area contributed by atoms with Crippen LogP contribution in [-0.2, 0) is 6.54 Å². The first kappa shape index (κ1) is 14.4. The second-order valence-corrected chi connectivity index (χ2v) is 5.32. The predicted octanol–water partition coefficient (Wildman–Crippen LogP) is 4.54. The summed E-state index contributed by atoms with van der Waals surface area (Å²) in [5.41, 5.74) is 7.95. The highest BCUT2D eigenvalue weighted by Gasteiger charge is 2.08. The standard InChI is InChI=1S/C18H23NO/c1-12-9-13(2)15(4)18(14(12)3)11-19-16-7-6-8-17(10-16)20-5/h6-10,19H,11H2,1-5H3. The molecule has 0 spiro atoms. The smallest absolute Gasteiger partial charge is 0.120 e. The summed E-state index contributed by atoms with van der Waals surface area (Å²) < 4.78 is 5.25. The largest absolute Gasteiger partial charge is 0.497 e. The Morgan fingerprint density at radius 2 is 1.60 bits per heavy atom. The zero-order valence-electron chi connectivity index (χ0n) is 13.0. The van der Waals surface area contributed by atoms with E-state index in [4.69, 9.17) is 4.74 Å². The van der Waals surface area contributed by atoms with Gasteiger partial charge in [0.25, 0.3) is 0 Å². The fourth-order valence-corrected chi connectivity index (χ4v) is 2.49. The van der Waals surface area contributed by atoms with Crippen molar-refractivity contribution in [3.63, 3.8) is 0 Å². The second-order valence-electron chi connectivity index (χ2n) is 5.32. The van der Waals surface area contributed by atoms with E-state index in [0.717, 1.165) is 18.0 Å². The molecule has 0 amide bonds. The van der Waals surface area contributed by atoms with Crippen LogP contribution in [0.2, 0.25) is 0 Å². The third-order valence-corrected chi connectivity index (χ3v) is 4.06. The van der Waals surface area contributed by atoms with Crippen LogP contribution in [0.5, 0.6) is 5.75 Å². The van der Waals surface area contributed by atoms with E-state index in [1.807, 2.05) is 18.2 Å². The molecule has 0 aliphatic carbocycles. The molecule has 2 aromatic rings. The van der Waals surface area contributed by atoms with Gasteiger partial charge in [-0.3, -0.25) is 0 Å². The molecule has 0 bridgehead atoms. The molecular weight excluding hydrogens is 246 g/mol. The molecule has 2 rings (SSSR count). The van der Waals surface area contributed by atoms with E-state index in [-0.39, 0.29) is 0 Å². The highest BCUT2D eigenvalue weighted by Crippen LogP contribution is 2.23. The van der Waals surface area contributed by atoms with Crippen LogP contribution in [0.15, 0.2) is 30.3 Å². The first-order valence-corrected chi connectivity index (χ1v) is 6.97. The van der Waals surface area contributed by atoms with Crippen molar-refractivity contribution in [1.82, 2.24) is 0 Å². The fraction of sp³-hybridized carbons (Fsp3) is 0.333. The van der Waals surface area contributed by atoms with E-state index >= 15 is 0 Å². The Bertz CT molecular complexity index is 591. The SMILES string of the molecule is COc1cccc(NCc2c(C)c(C)cc(C)c2C)c1. The summed E-state index contributed by atoms with van der Waals surface area (Å²) >= 11 is 0. The lowest BCUT2D eigenvalue weighted by molar-refractivity contribution is 0.415. The van der Waals surface area contributed by atoms with Crippen molar-refractivity contribution in [1.29, 1.82) is 0 Å². The summed E-state index contributed by atoms with van der Waals surface area (Å²) in [6.07, 6.45) is 0. The Hall–Kier alpha value is -1.96. The molecule has 0 radical (unpaired) electrons. The van der Waals surface area contributed by atoms with E-state index < -0.39 is 0 Å². The third kappa shape index (κ3) is 2.96. The first-order valence-electron chi connectivity index (χ1n) is 6.97. The van der Waals surface area contributed by atoms with Gasteiger partial charge >= 0.3 is 0 Å². The number of methoxy groups -OCH3 is 1. The van der Waals surface area contributed by atoms with Gasteiger partial charge in [0.05, 0.1) is 7.11 Å². The van der Waals surface area contributed by atoms with Gasteiger partial charge in [-0.2, -0.15) is 0 Å². The van der Waals surface area contributed by atoms with Crippen LogP contribution >= 0.6 is 0 Å². The molecule has 0 saturated heterocycles. The van der Waals surface area contributed by atoms with Crippen LogP contribution in [0.25, 0.3) is 0 Å². The maximum absolute atomic E-state index is 5.25. The fourth-order valence-electron chi connectivity index (χ4n) is 2.49. The van der Waals surface area contributed by atoms with Crippen LogP contribution in [0.3, 0.4) is 0 Å². The summed E-state index contributed by atoms with van der Waals surface area (Å²) in [4.78, 5) is 0. The molecule has 20 heavy (non-hydrogen) atoms. The number of rotatable bonds is 4. The minimum absolute atomic E-state index is 0.841. The van der Waals surface area contributed by atoms with Gasteiger partial charge < -0.3 is 10.1 Å². The first-order chi connectivity index (χ1) is 9.52. The van der Waals surface area contributed by atoms with Gasteiger partial charge in [0, 0.05) is 18.3 Å². The number of hydrogen-bond donors (Lipinski definition) is 1. The number of anilines is 1. The summed E-state index contributed by atoms with van der Waals surface area (Å²) in [7, 11) is 1.69. The van der Waals surface area contributed by atoms with Crippen molar-refractivity contribution in [2.24, 2.45) is 0 Å². The molecule has 106 valence electrons. The topological polar surface area (TPSA) is 21.3 Å². The quantitative estimate of drug-likeness (QED) is 0.879. The summed E-state index contributed by atoms with van der Waals surface area (Å²) in [6, 6.07) is 10.3. The molecule has 0 atom stereocenters. The lowest BCUT2D eigenvalue weighted by atomic mass is 9.94. The zero-order valence-corrected chi connectivity index (χ0v) is 13.0. The van der Waals surface area contributed by atoms with Gasteiger partial charge in [-0.15, -0.1) is 0 Å². The second kappa shape index (κ2) is 6.00. The summed E-state index contributed by atoms with van der Waals surface area (Å²) in [5, 5.41) is 3.49. The molecular formula is C18H23NO. The average molecular weight is 269 g/mol. The molecule has 0 saturated carbocycles. The van der Waals surface area contributed by atoms with Crippen LogP contribution in [-0.4, -0.2) is 7.11 Å². The van der Waals surface area contributed by atoms with E-state index in [1.165, 1.54) is 27.8 Å². The van der Waals surface area contributed by atoms with E-state index in [2.05, 4.69) is 45.1 Å². The van der Waals surface area contributed by atoms with Crippen LogP contribution in [0.1, 0.15) is 27.8 Å². The van der Waals surface area contributed by atoms with Crippen molar-refractivity contribution < 1.29 is 4.74 Å². The molecule has 2 heteroatoms. The molecule has 0 fully saturated rings. The average Bonchev–Trinajstić information content (AvgIpc) is 2.45. The van der Waals surface area contributed by atoms with Crippen molar-refractivity contribution in [2.45, 2.75) is 34.2 Å². The van der Waals surface area contributed by atoms with Crippen LogP contribution < -0.4 is 10.1 Å². The predicted molar refractivity (Wildman–Crippen MR) is 85.7 cm³/mol. The van der Waals surface area contributed by atoms with Crippen molar-refractivity contribution in [3.05, 3.63) is 58.1 Å². The van der Waals surface area contributed by atoms with Crippen molar-refractivity contribution >= 4 is 5.69 Å². The van der Waals surface area contributed by atoms with Crippen LogP contribution in [0, 0.1) is 27.7 Å².